The van der Waals surface area contributed by atoms with Crippen molar-refractivity contribution >= 4 is 0 Å². The molecule has 17 heavy (non-hydrogen) atoms. The molecule has 0 saturated carbocycles. The summed E-state index contributed by atoms with van der Waals surface area (Å²) in [7, 11) is 2.01. The zero-order valence-corrected chi connectivity index (χ0v) is 11.2. The molecular formula is C14H23FN2. The third-order valence-electron chi connectivity index (χ3n) is 3.25. The summed E-state index contributed by atoms with van der Waals surface area (Å²) >= 11 is 0. The smallest absolute Gasteiger partial charge is 0.127 e. The van der Waals surface area contributed by atoms with Crippen molar-refractivity contribution in [2.75, 3.05) is 20.1 Å². The average Bonchev–Trinajstić information content (AvgIpc) is 2.28. The highest BCUT2D eigenvalue weighted by molar-refractivity contribution is 5.20. The molecule has 0 heterocycles. The molecule has 0 bridgehead atoms. The van der Waals surface area contributed by atoms with Crippen LogP contribution in [0.15, 0.2) is 24.3 Å². The topological polar surface area (TPSA) is 29.3 Å². The van der Waals surface area contributed by atoms with Crippen LogP contribution in [0.1, 0.15) is 32.4 Å². The van der Waals surface area contributed by atoms with Crippen molar-refractivity contribution in [1.29, 1.82) is 0 Å². The molecule has 0 aromatic heterocycles. The zero-order valence-electron chi connectivity index (χ0n) is 11.2. The van der Waals surface area contributed by atoms with E-state index in [0.29, 0.717) is 6.54 Å². The Labute approximate surface area is 104 Å². The maximum absolute atomic E-state index is 13.7. The molecule has 0 spiro atoms. The fraction of sp³-hybridized carbons (Fsp3) is 0.571. The summed E-state index contributed by atoms with van der Waals surface area (Å²) < 4.78 is 13.7. The molecule has 0 amide bonds. The van der Waals surface area contributed by atoms with Gasteiger partial charge in [0.1, 0.15) is 5.82 Å². The predicted octanol–water partition coefficient (Wildman–Crippen LogP) is 2.80. The number of nitrogens with two attached hydrogens (primary N) is 1. The number of rotatable bonds is 5. The molecule has 0 radical (unpaired) electrons. The van der Waals surface area contributed by atoms with E-state index in [4.69, 9.17) is 5.73 Å². The van der Waals surface area contributed by atoms with Gasteiger partial charge in [-0.05, 0) is 32.0 Å². The highest BCUT2D eigenvalue weighted by Crippen LogP contribution is 2.25. The van der Waals surface area contributed by atoms with E-state index in [9.17, 15) is 4.39 Å². The third-order valence-corrected chi connectivity index (χ3v) is 3.25. The first-order valence-corrected chi connectivity index (χ1v) is 6.02. The van der Waals surface area contributed by atoms with E-state index in [1.54, 1.807) is 6.07 Å². The third kappa shape index (κ3) is 3.79. The van der Waals surface area contributed by atoms with E-state index in [2.05, 4.69) is 18.7 Å². The summed E-state index contributed by atoms with van der Waals surface area (Å²) in [6.45, 7) is 7.74. The fourth-order valence-corrected chi connectivity index (χ4v) is 1.93. The molecule has 1 rings (SSSR count). The first kappa shape index (κ1) is 14.1. The summed E-state index contributed by atoms with van der Waals surface area (Å²) in [6, 6.07) is 6.99. The van der Waals surface area contributed by atoms with Gasteiger partial charge in [0.05, 0.1) is 0 Å². The number of hydrogen-bond donors (Lipinski definition) is 1. The molecule has 0 aliphatic carbocycles. The fourth-order valence-electron chi connectivity index (χ4n) is 1.93. The Morgan fingerprint density at radius 3 is 2.47 bits per heavy atom. The Balaban J connectivity index is 2.77. The lowest BCUT2D eigenvalue weighted by atomic mass is 9.92. The van der Waals surface area contributed by atoms with Crippen LogP contribution in [0, 0.1) is 11.2 Å². The molecule has 2 nitrogen and oxygen atoms in total. The molecule has 1 unspecified atom stereocenters. The first-order chi connectivity index (χ1) is 7.87. The summed E-state index contributed by atoms with van der Waals surface area (Å²) in [5.74, 6) is -0.141. The molecule has 1 aromatic carbocycles. The number of benzene rings is 1. The summed E-state index contributed by atoms with van der Waals surface area (Å²) in [5.41, 5.74) is 6.51. The second kappa shape index (κ2) is 5.61. The molecule has 0 aliphatic rings. The van der Waals surface area contributed by atoms with Gasteiger partial charge >= 0.3 is 0 Å². The van der Waals surface area contributed by atoms with Gasteiger partial charge in [0.15, 0.2) is 0 Å². The molecule has 0 fully saturated rings. The lowest BCUT2D eigenvalue weighted by Gasteiger charge is -2.33. The van der Waals surface area contributed by atoms with Crippen LogP contribution in [0.2, 0.25) is 0 Å². The van der Waals surface area contributed by atoms with Gasteiger partial charge in [0, 0.05) is 18.2 Å². The van der Waals surface area contributed by atoms with Crippen LogP contribution in [0.5, 0.6) is 0 Å². The van der Waals surface area contributed by atoms with Crippen LogP contribution >= 0.6 is 0 Å². The molecule has 1 atom stereocenters. The minimum Gasteiger partial charge on any atom is -0.330 e. The number of nitrogens with zero attached hydrogens (tertiary/aromatic N) is 1. The SMILES string of the molecule is CC(c1ccccc1F)N(C)CC(C)(C)CN. The zero-order chi connectivity index (χ0) is 13.1. The van der Waals surface area contributed by atoms with E-state index < -0.39 is 0 Å². The quantitative estimate of drug-likeness (QED) is 0.854. The van der Waals surface area contributed by atoms with Crippen LogP contribution < -0.4 is 5.73 Å². The molecule has 0 saturated heterocycles. The second-order valence-electron chi connectivity index (χ2n) is 5.48. The van der Waals surface area contributed by atoms with Gasteiger partial charge in [-0.1, -0.05) is 32.0 Å². The van der Waals surface area contributed by atoms with Crippen molar-refractivity contribution in [2.24, 2.45) is 11.1 Å². The normalized spacial score (nSPS) is 14.1. The molecule has 1 aromatic rings. The van der Waals surface area contributed by atoms with Crippen LogP contribution in [-0.2, 0) is 0 Å². The van der Waals surface area contributed by atoms with Crippen LogP contribution in [-0.4, -0.2) is 25.0 Å². The Bertz CT molecular complexity index is 363. The molecule has 96 valence electrons. The van der Waals surface area contributed by atoms with Crippen molar-refractivity contribution < 1.29 is 4.39 Å². The van der Waals surface area contributed by atoms with Gasteiger partial charge in [0.2, 0.25) is 0 Å². The lowest BCUT2D eigenvalue weighted by Crippen LogP contribution is -2.38. The minimum absolute atomic E-state index is 0.0499. The second-order valence-corrected chi connectivity index (χ2v) is 5.48. The van der Waals surface area contributed by atoms with Crippen molar-refractivity contribution in [1.82, 2.24) is 4.90 Å². The van der Waals surface area contributed by atoms with Gasteiger partial charge < -0.3 is 5.73 Å². The van der Waals surface area contributed by atoms with Crippen LogP contribution in [0.3, 0.4) is 0 Å². The number of hydrogen-bond acceptors (Lipinski definition) is 2. The van der Waals surface area contributed by atoms with Gasteiger partial charge in [-0.3, -0.25) is 4.90 Å². The Morgan fingerprint density at radius 1 is 1.35 bits per heavy atom. The predicted molar refractivity (Wildman–Crippen MR) is 70.3 cm³/mol. The van der Waals surface area contributed by atoms with Gasteiger partial charge in [-0.25, -0.2) is 4.39 Å². The van der Waals surface area contributed by atoms with Crippen LogP contribution in [0.4, 0.5) is 4.39 Å². The van der Waals surface area contributed by atoms with E-state index in [0.717, 1.165) is 12.1 Å². The monoisotopic (exact) mass is 238 g/mol. The average molecular weight is 238 g/mol. The van der Waals surface area contributed by atoms with Gasteiger partial charge in [-0.2, -0.15) is 0 Å². The molecule has 2 N–H and O–H groups in total. The Morgan fingerprint density at radius 2 is 1.94 bits per heavy atom. The highest BCUT2D eigenvalue weighted by atomic mass is 19.1. The van der Waals surface area contributed by atoms with Crippen molar-refractivity contribution in [3.8, 4) is 0 Å². The minimum atomic E-state index is -0.141. The lowest BCUT2D eigenvalue weighted by molar-refractivity contribution is 0.172. The van der Waals surface area contributed by atoms with Crippen molar-refractivity contribution in [3.63, 3.8) is 0 Å². The van der Waals surface area contributed by atoms with E-state index in [1.165, 1.54) is 6.07 Å². The van der Waals surface area contributed by atoms with Crippen LogP contribution in [0.25, 0.3) is 0 Å². The van der Waals surface area contributed by atoms with Gasteiger partial charge in [-0.15, -0.1) is 0 Å². The molecular weight excluding hydrogens is 215 g/mol. The van der Waals surface area contributed by atoms with E-state index in [1.807, 2.05) is 26.1 Å². The maximum atomic E-state index is 13.7. The highest BCUT2D eigenvalue weighted by Gasteiger charge is 2.22. The summed E-state index contributed by atoms with van der Waals surface area (Å²) in [5, 5.41) is 0. The standard InChI is InChI=1S/C14H23FN2/c1-11(12-7-5-6-8-13(12)15)17(4)10-14(2,3)9-16/h5-8,11H,9-10,16H2,1-4H3. The molecule has 0 aliphatic heterocycles. The summed E-state index contributed by atoms with van der Waals surface area (Å²) in [4.78, 5) is 2.14. The maximum Gasteiger partial charge on any atom is 0.127 e. The van der Waals surface area contributed by atoms with Crippen molar-refractivity contribution in [2.45, 2.75) is 26.8 Å². The summed E-state index contributed by atoms with van der Waals surface area (Å²) in [6.07, 6.45) is 0. The van der Waals surface area contributed by atoms with E-state index >= 15 is 0 Å². The Kier molecular flexibility index (Phi) is 4.66. The molecule has 3 heteroatoms. The Hall–Kier alpha value is -0.930. The first-order valence-electron chi connectivity index (χ1n) is 6.02. The van der Waals surface area contributed by atoms with E-state index in [-0.39, 0.29) is 17.3 Å². The number of halogens is 1. The largest absolute Gasteiger partial charge is 0.330 e. The van der Waals surface area contributed by atoms with Crippen molar-refractivity contribution in [3.05, 3.63) is 35.6 Å². The van der Waals surface area contributed by atoms with Gasteiger partial charge in [0.25, 0.3) is 0 Å².